The van der Waals surface area contributed by atoms with Crippen LogP contribution in [0.5, 0.6) is 5.75 Å². The molecule has 1 N–H and O–H groups in total. The number of nitrogens with zero attached hydrogens (tertiary/aromatic N) is 3. The summed E-state index contributed by atoms with van der Waals surface area (Å²) in [6.07, 6.45) is 0. The third-order valence-corrected chi connectivity index (χ3v) is 6.56. The van der Waals surface area contributed by atoms with E-state index in [9.17, 15) is 9.18 Å². The molecule has 0 bridgehead atoms. The highest BCUT2D eigenvalue weighted by Gasteiger charge is 2.36. The van der Waals surface area contributed by atoms with Crippen molar-refractivity contribution in [3.8, 4) is 17.1 Å². The Balaban J connectivity index is 1.58. The SMILES string of the molecule is COc1ccc(C2NC(=O)N(Cc3cccs3)C(C)=C2c2nc(-c3ccc(F)cc3)no2)cc1. The van der Waals surface area contributed by atoms with Gasteiger partial charge in [0.15, 0.2) is 0 Å². The van der Waals surface area contributed by atoms with Gasteiger partial charge >= 0.3 is 6.03 Å². The van der Waals surface area contributed by atoms with Crippen LogP contribution in [0.3, 0.4) is 0 Å². The fraction of sp³-hybridized carbons (Fsp3) is 0.160. The van der Waals surface area contributed by atoms with Crippen molar-refractivity contribution in [1.29, 1.82) is 0 Å². The zero-order valence-corrected chi connectivity index (χ0v) is 19.3. The van der Waals surface area contributed by atoms with Crippen LogP contribution >= 0.6 is 11.3 Å². The highest BCUT2D eigenvalue weighted by atomic mass is 32.1. The predicted octanol–water partition coefficient (Wildman–Crippen LogP) is 5.64. The van der Waals surface area contributed by atoms with E-state index in [0.29, 0.717) is 35.0 Å². The lowest BCUT2D eigenvalue weighted by Gasteiger charge is -2.35. The highest BCUT2D eigenvalue weighted by Crippen LogP contribution is 2.38. The van der Waals surface area contributed by atoms with Gasteiger partial charge in [-0.1, -0.05) is 23.4 Å². The second-order valence-electron chi connectivity index (χ2n) is 7.75. The molecular formula is C25H21FN4O3S. The predicted molar refractivity (Wildman–Crippen MR) is 126 cm³/mol. The topological polar surface area (TPSA) is 80.5 Å². The molecule has 1 atom stereocenters. The van der Waals surface area contributed by atoms with Crippen LogP contribution in [0.25, 0.3) is 17.0 Å². The van der Waals surface area contributed by atoms with E-state index in [0.717, 1.165) is 10.4 Å². The minimum absolute atomic E-state index is 0.214. The summed E-state index contributed by atoms with van der Waals surface area (Å²) in [4.78, 5) is 20.4. The van der Waals surface area contributed by atoms with Gasteiger partial charge in [0.25, 0.3) is 5.89 Å². The number of ether oxygens (including phenoxy) is 1. The van der Waals surface area contributed by atoms with Gasteiger partial charge < -0.3 is 14.6 Å². The van der Waals surface area contributed by atoms with Crippen molar-refractivity contribution in [2.24, 2.45) is 0 Å². The minimum atomic E-state index is -0.500. The number of carbonyl (C=O) groups excluding carboxylic acids is 1. The second kappa shape index (κ2) is 9.11. The molecule has 7 nitrogen and oxygen atoms in total. The van der Waals surface area contributed by atoms with Gasteiger partial charge in [0.05, 0.1) is 25.3 Å². The Kier molecular flexibility index (Phi) is 5.85. The normalized spacial score (nSPS) is 16.0. The van der Waals surface area contributed by atoms with E-state index in [-0.39, 0.29) is 17.7 Å². The number of hydrogen-bond donors (Lipinski definition) is 1. The average molecular weight is 477 g/mol. The Bertz CT molecular complexity index is 1330. The molecule has 1 aliphatic heterocycles. The summed E-state index contributed by atoms with van der Waals surface area (Å²) in [6, 6.07) is 16.6. The van der Waals surface area contributed by atoms with Crippen LogP contribution in [0, 0.1) is 5.82 Å². The third kappa shape index (κ3) is 4.17. The Labute approximate surface area is 199 Å². The number of amides is 2. The van der Waals surface area contributed by atoms with Crippen molar-refractivity contribution >= 4 is 22.9 Å². The first-order chi connectivity index (χ1) is 16.5. The number of halogens is 1. The van der Waals surface area contributed by atoms with E-state index in [1.807, 2.05) is 48.7 Å². The van der Waals surface area contributed by atoms with Crippen LogP contribution in [0.15, 0.2) is 76.3 Å². The molecule has 2 aromatic carbocycles. The van der Waals surface area contributed by atoms with Gasteiger partial charge in [-0.3, -0.25) is 4.90 Å². The molecule has 34 heavy (non-hydrogen) atoms. The third-order valence-electron chi connectivity index (χ3n) is 5.70. The largest absolute Gasteiger partial charge is 0.497 e. The average Bonchev–Trinajstić information content (AvgIpc) is 3.54. The van der Waals surface area contributed by atoms with Gasteiger partial charge in [-0.05, 0) is 60.3 Å². The van der Waals surface area contributed by atoms with Crippen molar-refractivity contribution < 1.29 is 18.4 Å². The molecule has 9 heteroatoms. The zero-order chi connectivity index (χ0) is 23.7. The summed E-state index contributed by atoms with van der Waals surface area (Å²) in [5, 5.41) is 9.17. The standard InChI is InChI=1S/C25H21FN4O3S/c1-15-21(24-28-23(29-33-24)17-5-9-18(26)10-6-17)22(16-7-11-19(32-2)12-8-16)27-25(31)30(15)14-20-4-3-13-34-20/h3-13,22H,14H2,1-2H3,(H,27,31). The van der Waals surface area contributed by atoms with E-state index in [1.165, 1.54) is 12.1 Å². The van der Waals surface area contributed by atoms with Crippen LogP contribution in [0.4, 0.5) is 9.18 Å². The number of benzene rings is 2. The summed E-state index contributed by atoms with van der Waals surface area (Å²) in [5.41, 5.74) is 2.89. The van der Waals surface area contributed by atoms with Gasteiger partial charge in [0.2, 0.25) is 5.82 Å². The number of hydrogen-bond acceptors (Lipinski definition) is 6. The van der Waals surface area contributed by atoms with E-state index in [1.54, 1.807) is 35.5 Å². The van der Waals surface area contributed by atoms with Crippen molar-refractivity contribution in [1.82, 2.24) is 20.4 Å². The maximum atomic E-state index is 13.4. The first kappa shape index (κ1) is 21.8. The molecule has 3 heterocycles. The second-order valence-corrected chi connectivity index (χ2v) is 8.78. The number of methoxy groups -OCH3 is 1. The molecule has 0 fully saturated rings. The summed E-state index contributed by atoms with van der Waals surface area (Å²) in [6.45, 7) is 2.30. The molecule has 5 rings (SSSR count). The van der Waals surface area contributed by atoms with Crippen LogP contribution in [-0.2, 0) is 6.54 Å². The number of aromatic nitrogens is 2. The van der Waals surface area contributed by atoms with E-state index >= 15 is 0 Å². The van der Waals surface area contributed by atoms with Crippen LogP contribution < -0.4 is 10.1 Å². The summed E-state index contributed by atoms with van der Waals surface area (Å²) in [7, 11) is 1.60. The lowest BCUT2D eigenvalue weighted by atomic mass is 9.94. The maximum absolute atomic E-state index is 13.4. The number of allylic oxidation sites excluding steroid dienone is 1. The molecule has 2 aromatic heterocycles. The molecule has 1 aliphatic rings. The van der Waals surface area contributed by atoms with Gasteiger partial charge in [-0.15, -0.1) is 11.3 Å². The Morgan fingerprint density at radius 3 is 2.59 bits per heavy atom. The molecule has 0 aliphatic carbocycles. The Morgan fingerprint density at radius 2 is 1.91 bits per heavy atom. The first-order valence-electron chi connectivity index (χ1n) is 10.6. The van der Waals surface area contributed by atoms with Gasteiger partial charge in [0.1, 0.15) is 11.6 Å². The van der Waals surface area contributed by atoms with E-state index in [4.69, 9.17) is 9.26 Å². The van der Waals surface area contributed by atoms with E-state index in [2.05, 4.69) is 15.5 Å². The highest BCUT2D eigenvalue weighted by molar-refractivity contribution is 7.09. The molecule has 0 saturated heterocycles. The van der Waals surface area contributed by atoms with Gasteiger partial charge in [-0.25, -0.2) is 9.18 Å². The molecule has 4 aromatic rings. The molecule has 0 radical (unpaired) electrons. The monoisotopic (exact) mass is 476 g/mol. The lowest BCUT2D eigenvalue weighted by Crippen LogP contribution is -2.45. The van der Waals surface area contributed by atoms with Crippen molar-refractivity contribution in [3.63, 3.8) is 0 Å². The Hall–Kier alpha value is -3.98. The molecule has 0 saturated carbocycles. The number of urea groups is 1. The number of carbonyl (C=O) groups is 1. The number of rotatable bonds is 6. The van der Waals surface area contributed by atoms with Crippen LogP contribution in [0.1, 0.15) is 29.3 Å². The van der Waals surface area contributed by atoms with Gasteiger partial charge in [0, 0.05) is 16.1 Å². The smallest absolute Gasteiger partial charge is 0.322 e. The van der Waals surface area contributed by atoms with Gasteiger partial charge in [-0.2, -0.15) is 4.98 Å². The lowest BCUT2D eigenvalue weighted by molar-refractivity contribution is 0.203. The first-order valence-corrected chi connectivity index (χ1v) is 11.5. The van der Waals surface area contributed by atoms with Crippen molar-refractivity contribution in [3.05, 3.63) is 93.9 Å². The summed E-state index contributed by atoms with van der Waals surface area (Å²) < 4.78 is 24.3. The number of nitrogens with one attached hydrogen (secondary N) is 1. The van der Waals surface area contributed by atoms with Crippen LogP contribution in [-0.4, -0.2) is 28.2 Å². The molecule has 1 unspecified atom stereocenters. The van der Waals surface area contributed by atoms with E-state index < -0.39 is 6.04 Å². The fourth-order valence-electron chi connectivity index (χ4n) is 3.90. The quantitative estimate of drug-likeness (QED) is 0.389. The summed E-state index contributed by atoms with van der Waals surface area (Å²) >= 11 is 1.58. The molecular weight excluding hydrogens is 455 g/mol. The van der Waals surface area contributed by atoms with Crippen LogP contribution in [0.2, 0.25) is 0 Å². The Morgan fingerprint density at radius 1 is 1.15 bits per heavy atom. The summed E-state index contributed by atoms with van der Waals surface area (Å²) in [5.74, 6) is 0.993. The molecule has 0 spiro atoms. The number of thiophene rings is 1. The zero-order valence-electron chi connectivity index (χ0n) is 18.5. The minimum Gasteiger partial charge on any atom is -0.497 e. The van der Waals surface area contributed by atoms with Crippen molar-refractivity contribution in [2.75, 3.05) is 7.11 Å². The fourth-order valence-corrected chi connectivity index (χ4v) is 4.60. The molecule has 172 valence electrons. The molecule has 2 amide bonds. The maximum Gasteiger partial charge on any atom is 0.322 e. The van der Waals surface area contributed by atoms with Crippen molar-refractivity contribution in [2.45, 2.75) is 19.5 Å².